The van der Waals surface area contributed by atoms with Gasteiger partial charge in [-0.05, 0) is 6.07 Å². The van der Waals surface area contributed by atoms with Gasteiger partial charge in [0.1, 0.15) is 0 Å². The molecule has 0 aromatic carbocycles. The van der Waals surface area contributed by atoms with Crippen molar-refractivity contribution in [3.8, 4) is 0 Å². The number of thioether (sulfide) groups is 1. The molecule has 2 rings (SSSR count). The lowest BCUT2D eigenvalue weighted by molar-refractivity contribution is 0.0696. The quantitative estimate of drug-likeness (QED) is 0.849. The first-order valence-electron chi connectivity index (χ1n) is 5.86. The molecule has 1 aliphatic heterocycles. The monoisotopic (exact) mass is 267 g/mol. The van der Waals surface area contributed by atoms with Gasteiger partial charge in [0.05, 0.1) is 11.3 Å². The summed E-state index contributed by atoms with van der Waals surface area (Å²) in [4.78, 5) is 17.2. The van der Waals surface area contributed by atoms with Crippen LogP contribution >= 0.6 is 11.8 Å². The largest absolute Gasteiger partial charge is 0.478 e. The lowest BCUT2D eigenvalue weighted by Crippen LogP contribution is -2.41. The van der Waals surface area contributed by atoms with Gasteiger partial charge in [-0.1, -0.05) is 13.8 Å². The van der Waals surface area contributed by atoms with Crippen LogP contribution in [0, 0.1) is 0 Å². The molecule has 6 heteroatoms. The Hall–Kier alpha value is -1.43. The van der Waals surface area contributed by atoms with Crippen LogP contribution in [0.15, 0.2) is 12.3 Å². The van der Waals surface area contributed by atoms with E-state index in [0.717, 1.165) is 13.1 Å². The molecule has 1 saturated heterocycles. The molecule has 0 aliphatic carbocycles. The van der Waals surface area contributed by atoms with Crippen molar-refractivity contribution >= 4 is 29.2 Å². The number of carbonyl (C=O) groups is 1. The fourth-order valence-corrected chi connectivity index (χ4v) is 3.53. The molecule has 0 radical (unpaired) electrons. The Balaban J connectivity index is 2.25. The topological polar surface area (TPSA) is 79.5 Å². The van der Waals surface area contributed by atoms with Gasteiger partial charge in [-0.25, -0.2) is 9.78 Å². The van der Waals surface area contributed by atoms with E-state index in [1.165, 1.54) is 12.3 Å². The third-order valence-electron chi connectivity index (χ3n) is 2.86. The summed E-state index contributed by atoms with van der Waals surface area (Å²) in [5.74, 6) is -0.310. The molecule has 3 N–H and O–H groups in total. The van der Waals surface area contributed by atoms with Crippen LogP contribution in [-0.4, -0.2) is 39.6 Å². The average molecular weight is 267 g/mol. The van der Waals surface area contributed by atoms with Crippen molar-refractivity contribution in [3.63, 3.8) is 0 Å². The third kappa shape index (κ3) is 2.69. The number of nitrogens with two attached hydrogens (primary N) is 1. The van der Waals surface area contributed by atoms with E-state index in [2.05, 4.69) is 23.7 Å². The summed E-state index contributed by atoms with van der Waals surface area (Å²) in [7, 11) is 0. The number of aromatic carboxylic acids is 1. The molecule has 0 bridgehead atoms. The number of pyridine rings is 1. The molecule has 2 heterocycles. The summed E-state index contributed by atoms with van der Waals surface area (Å²) < 4.78 is 0. The van der Waals surface area contributed by atoms with Gasteiger partial charge in [-0.2, -0.15) is 11.8 Å². The molecule has 5 nitrogen and oxygen atoms in total. The van der Waals surface area contributed by atoms with E-state index >= 15 is 0 Å². The summed E-state index contributed by atoms with van der Waals surface area (Å²) in [6, 6.07) is 1.47. The van der Waals surface area contributed by atoms with Crippen molar-refractivity contribution in [2.24, 2.45) is 0 Å². The molecule has 1 aromatic rings. The zero-order valence-electron chi connectivity index (χ0n) is 10.5. The van der Waals surface area contributed by atoms with Crippen LogP contribution in [0.4, 0.5) is 11.5 Å². The highest BCUT2D eigenvalue weighted by Crippen LogP contribution is 2.30. The number of carboxylic acid groups (broad SMARTS) is 1. The number of anilines is 2. The Bertz CT molecular complexity index is 457. The smallest absolute Gasteiger partial charge is 0.337 e. The number of hydrogen-bond acceptors (Lipinski definition) is 5. The number of aromatic nitrogens is 1. The maximum atomic E-state index is 10.8. The van der Waals surface area contributed by atoms with Gasteiger partial charge in [0.15, 0.2) is 5.82 Å². The van der Waals surface area contributed by atoms with Crippen molar-refractivity contribution in [2.75, 3.05) is 23.7 Å². The average Bonchev–Trinajstić information content (AvgIpc) is 2.27. The Labute approximate surface area is 110 Å². The van der Waals surface area contributed by atoms with Crippen LogP contribution in [-0.2, 0) is 0 Å². The number of rotatable bonds is 2. The number of hydrogen-bond donors (Lipinski definition) is 2. The zero-order chi connectivity index (χ0) is 13.3. The molecule has 1 aromatic heterocycles. The Kier molecular flexibility index (Phi) is 3.65. The van der Waals surface area contributed by atoms with Crippen LogP contribution in [0.1, 0.15) is 24.2 Å². The van der Waals surface area contributed by atoms with E-state index in [0.29, 0.717) is 22.0 Å². The second-order valence-corrected chi connectivity index (χ2v) is 6.49. The Morgan fingerprint density at radius 2 is 2.11 bits per heavy atom. The van der Waals surface area contributed by atoms with Gasteiger partial charge in [0, 0.05) is 29.8 Å². The first kappa shape index (κ1) is 13.0. The van der Waals surface area contributed by atoms with E-state index < -0.39 is 5.97 Å². The van der Waals surface area contributed by atoms with Crippen molar-refractivity contribution in [1.29, 1.82) is 0 Å². The van der Waals surface area contributed by atoms with Gasteiger partial charge >= 0.3 is 5.97 Å². The van der Waals surface area contributed by atoms with E-state index in [1.54, 1.807) is 0 Å². The fraction of sp³-hybridized carbons (Fsp3) is 0.500. The van der Waals surface area contributed by atoms with Gasteiger partial charge in [0.25, 0.3) is 0 Å². The fourth-order valence-electron chi connectivity index (χ4n) is 2.21. The van der Waals surface area contributed by atoms with E-state index in [4.69, 9.17) is 10.8 Å². The van der Waals surface area contributed by atoms with Crippen LogP contribution in [0.3, 0.4) is 0 Å². The summed E-state index contributed by atoms with van der Waals surface area (Å²) in [6.45, 7) is 6.13. The lowest BCUT2D eigenvalue weighted by Gasteiger charge is -2.35. The molecule has 2 unspecified atom stereocenters. The first-order valence-corrected chi connectivity index (χ1v) is 6.81. The number of carboxylic acids is 1. The van der Waals surface area contributed by atoms with Crippen molar-refractivity contribution < 1.29 is 9.90 Å². The number of nitrogen functional groups attached to an aromatic ring is 1. The predicted octanol–water partition coefficient (Wildman–Crippen LogP) is 1.69. The van der Waals surface area contributed by atoms with Crippen LogP contribution in [0.5, 0.6) is 0 Å². The zero-order valence-corrected chi connectivity index (χ0v) is 11.3. The molecule has 2 atom stereocenters. The van der Waals surface area contributed by atoms with Crippen molar-refractivity contribution in [2.45, 2.75) is 24.3 Å². The molecule has 0 spiro atoms. The van der Waals surface area contributed by atoms with Gasteiger partial charge in [-0.15, -0.1) is 0 Å². The summed E-state index contributed by atoms with van der Waals surface area (Å²) in [6.07, 6.45) is 1.37. The summed E-state index contributed by atoms with van der Waals surface area (Å²) in [5.41, 5.74) is 6.47. The molecule has 1 fully saturated rings. The second kappa shape index (κ2) is 5.06. The minimum Gasteiger partial charge on any atom is -0.478 e. The highest BCUT2D eigenvalue weighted by Gasteiger charge is 2.24. The summed E-state index contributed by atoms with van der Waals surface area (Å²) >= 11 is 1.95. The highest BCUT2D eigenvalue weighted by molar-refractivity contribution is 8.00. The van der Waals surface area contributed by atoms with Crippen LogP contribution in [0.25, 0.3) is 0 Å². The Morgan fingerprint density at radius 1 is 1.50 bits per heavy atom. The van der Waals surface area contributed by atoms with Crippen LogP contribution < -0.4 is 10.6 Å². The minimum absolute atomic E-state index is 0.128. The lowest BCUT2D eigenvalue weighted by atomic mass is 10.2. The van der Waals surface area contributed by atoms with Crippen molar-refractivity contribution in [1.82, 2.24) is 4.98 Å². The van der Waals surface area contributed by atoms with E-state index in [9.17, 15) is 4.79 Å². The van der Waals surface area contributed by atoms with Gasteiger partial charge in [0.2, 0.25) is 0 Å². The summed E-state index contributed by atoms with van der Waals surface area (Å²) in [5, 5.41) is 9.93. The molecule has 0 amide bonds. The third-order valence-corrected chi connectivity index (χ3v) is 4.09. The Morgan fingerprint density at radius 3 is 2.61 bits per heavy atom. The first-order chi connectivity index (χ1) is 8.47. The molecular formula is C12H17N3O2S. The molecule has 0 saturated carbocycles. The van der Waals surface area contributed by atoms with E-state index in [1.807, 2.05) is 11.8 Å². The maximum absolute atomic E-state index is 10.8. The SMILES string of the molecule is CC1CN(c2ncc(C(=O)O)cc2N)CC(C)S1. The molecule has 98 valence electrons. The van der Waals surface area contributed by atoms with Crippen LogP contribution in [0.2, 0.25) is 0 Å². The maximum Gasteiger partial charge on any atom is 0.337 e. The normalized spacial score (nSPS) is 24.0. The molecule has 18 heavy (non-hydrogen) atoms. The predicted molar refractivity (Wildman–Crippen MR) is 74.3 cm³/mol. The number of nitrogens with zero attached hydrogens (tertiary/aromatic N) is 2. The minimum atomic E-state index is -1.00. The molecular weight excluding hydrogens is 250 g/mol. The highest BCUT2D eigenvalue weighted by atomic mass is 32.2. The van der Waals surface area contributed by atoms with Gasteiger partial charge < -0.3 is 15.7 Å². The van der Waals surface area contributed by atoms with Crippen molar-refractivity contribution in [3.05, 3.63) is 17.8 Å². The molecule has 1 aliphatic rings. The second-order valence-electron chi connectivity index (χ2n) is 4.60. The van der Waals surface area contributed by atoms with E-state index in [-0.39, 0.29) is 5.56 Å². The standard InChI is InChI=1S/C12H17N3O2S/c1-7-5-15(6-8(2)18-7)11-10(13)3-9(4-14-11)12(16)17/h3-4,7-8H,5-6,13H2,1-2H3,(H,16,17). The van der Waals surface area contributed by atoms with Gasteiger partial charge in [-0.3, -0.25) is 0 Å².